The van der Waals surface area contributed by atoms with E-state index in [2.05, 4.69) is 4.90 Å². The normalized spacial score (nSPS) is 21.6. The summed E-state index contributed by atoms with van der Waals surface area (Å²) < 4.78 is 0. The van der Waals surface area contributed by atoms with E-state index in [9.17, 15) is 9.59 Å². The van der Waals surface area contributed by atoms with Crippen LogP contribution in [0.1, 0.15) is 47.7 Å². The van der Waals surface area contributed by atoms with E-state index in [1.54, 1.807) is 6.92 Å². The van der Waals surface area contributed by atoms with Gasteiger partial charge in [0.2, 0.25) is 5.91 Å². The van der Waals surface area contributed by atoms with Gasteiger partial charge in [0.1, 0.15) is 0 Å². The number of hydrogen-bond acceptors (Lipinski definition) is 3. The lowest BCUT2D eigenvalue weighted by Gasteiger charge is -2.43. The number of rotatable bonds is 2. The first kappa shape index (κ1) is 16.6. The van der Waals surface area contributed by atoms with Gasteiger partial charge in [-0.25, -0.2) is 0 Å². The largest absolute Gasteiger partial charge is 0.338 e. The minimum atomic E-state index is 0.120. The van der Waals surface area contributed by atoms with Crippen LogP contribution in [0.15, 0.2) is 18.2 Å². The van der Waals surface area contributed by atoms with Crippen molar-refractivity contribution < 1.29 is 9.59 Å². The second-order valence-electron chi connectivity index (χ2n) is 7.59. The molecule has 1 aromatic carbocycles. The highest BCUT2D eigenvalue weighted by Gasteiger charge is 2.30. The Bertz CT molecular complexity index is 676. The average molecular weight is 341 g/mol. The molecule has 1 saturated carbocycles. The third-order valence-electron chi connectivity index (χ3n) is 6.10. The van der Waals surface area contributed by atoms with Gasteiger partial charge in [-0.05, 0) is 42.5 Å². The van der Waals surface area contributed by atoms with E-state index in [1.165, 1.54) is 30.4 Å². The smallest absolute Gasteiger partial charge is 0.253 e. The van der Waals surface area contributed by atoms with E-state index < -0.39 is 0 Å². The molecule has 2 amide bonds. The summed E-state index contributed by atoms with van der Waals surface area (Å²) in [7, 11) is 0. The lowest BCUT2D eigenvalue weighted by atomic mass is 9.91. The molecule has 0 radical (unpaired) electrons. The van der Waals surface area contributed by atoms with Crippen LogP contribution in [-0.2, 0) is 17.8 Å². The van der Waals surface area contributed by atoms with Crippen LogP contribution >= 0.6 is 0 Å². The molecule has 5 nitrogen and oxygen atoms in total. The lowest BCUT2D eigenvalue weighted by Crippen LogP contribution is -2.53. The van der Waals surface area contributed by atoms with Crippen LogP contribution in [0.25, 0.3) is 0 Å². The molecule has 2 fully saturated rings. The van der Waals surface area contributed by atoms with Crippen molar-refractivity contribution in [2.45, 2.75) is 45.2 Å². The fraction of sp³-hybridized carbons (Fsp3) is 0.600. The molecule has 0 N–H and O–H groups in total. The monoisotopic (exact) mass is 341 g/mol. The molecule has 1 saturated heterocycles. The predicted octanol–water partition coefficient (Wildman–Crippen LogP) is 1.90. The second kappa shape index (κ2) is 6.79. The van der Waals surface area contributed by atoms with E-state index in [-0.39, 0.29) is 11.8 Å². The number of nitrogens with zero attached hydrogens (tertiary/aromatic N) is 3. The topological polar surface area (TPSA) is 43.9 Å². The van der Waals surface area contributed by atoms with Crippen LogP contribution < -0.4 is 0 Å². The molecule has 1 aromatic rings. The average Bonchev–Trinajstić information content (AvgIpc) is 2.59. The number of amides is 2. The molecule has 5 heteroatoms. The van der Waals surface area contributed by atoms with Crippen LogP contribution in [0.4, 0.5) is 0 Å². The number of benzene rings is 1. The Labute approximate surface area is 149 Å². The van der Waals surface area contributed by atoms with Crippen molar-refractivity contribution in [2.75, 3.05) is 32.7 Å². The number of hydrogen-bond donors (Lipinski definition) is 0. The summed E-state index contributed by atoms with van der Waals surface area (Å²) in [6.45, 7) is 6.73. The molecular formula is C20H27N3O2. The summed E-state index contributed by atoms with van der Waals surface area (Å²) in [5.41, 5.74) is 3.19. The van der Waals surface area contributed by atoms with Crippen LogP contribution in [0.3, 0.4) is 0 Å². The maximum atomic E-state index is 12.9. The summed E-state index contributed by atoms with van der Waals surface area (Å²) in [4.78, 5) is 30.8. The standard InChI is InChI=1S/C20H27N3O2/c1-15(24)23-8-7-16-13-17(5-6-18(16)14-23)20(25)22-11-9-21(10-12-22)19-3-2-4-19/h5-6,13,19H,2-4,7-12,14H2,1H3. The van der Waals surface area contributed by atoms with Crippen molar-refractivity contribution in [1.82, 2.24) is 14.7 Å². The van der Waals surface area contributed by atoms with Crippen LogP contribution in [0.5, 0.6) is 0 Å². The van der Waals surface area contributed by atoms with Gasteiger partial charge in [-0.15, -0.1) is 0 Å². The molecule has 25 heavy (non-hydrogen) atoms. The minimum Gasteiger partial charge on any atom is -0.338 e. The molecule has 2 heterocycles. The van der Waals surface area contributed by atoms with E-state index >= 15 is 0 Å². The van der Waals surface area contributed by atoms with Crippen LogP contribution in [0.2, 0.25) is 0 Å². The van der Waals surface area contributed by atoms with Gasteiger partial charge in [-0.1, -0.05) is 12.5 Å². The van der Waals surface area contributed by atoms with Gasteiger partial charge in [0.25, 0.3) is 5.91 Å². The summed E-state index contributed by atoms with van der Waals surface area (Å²) in [6, 6.07) is 6.78. The van der Waals surface area contributed by atoms with Gasteiger partial charge in [0.05, 0.1) is 0 Å². The first-order chi connectivity index (χ1) is 12.1. The first-order valence-corrected chi connectivity index (χ1v) is 9.52. The highest BCUT2D eigenvalue weighted by atomic mass is 16.2. The van der Waals surface area contributed by atoms with E-state index in [4.69, 9.17) is 0 Å². The molecule has 0 bridgehead atoms. The van der Waals surface area contributed by atoms with Crippen molar-refractivity contribution in [2.24, 2.45) is 0 Å². The highest BCUT2D eigenvalue weighted by molar-refractivity contribution is 5.94. The van der Waals surface area contributed by atoms with E-state index in [1.807, 2.05) is 28.0 Å². The van der Waals surface area contributed by atoms with E-state index in [0.29, 0.717) is 6.54 Å². The van der Waals surface area contributed by atoms with Gasteiger partial charge in [-0.3, -0.25) is 14.5 Å². The summed E-state index contributed by atoms with van der Waals surface area (Å²) in [5.74, 6) is 0.278. The van der Waals surface area contributed by atoms with Crippen molar-refractivity contribution in [3.8, 4) is 0 Å². The van der Waals surface area contributed by atoms with Crippen molar-refractivity contribution >= 4 is 11.8 Å². The predicted molar refractivity (Wildman–Crippen MR) is 96.4 cm³/mol. The molecule has 0 spiro atoms. The second-order valence-corrected chi connectivity index (χ2v) is 7.59. The zero-order chi connectivity index (χ0) is 17.4. The number of carbonyl (C=O) groups is 2. The molecule has 0 atom stereocenters. The quantitative estimate of drug-likeness (QED) is 0.825. The summed E-state index contributed by atoms with van der Waals surface area (Å²) in [6.07, 6.45) is 4.86. The van der Waals surface area contributed by atoms with Gasteiger partial charge in [0.15, 0.2) is 0 Å². The Morgan fingerprint density at radius 1 is 0.960 bits per heavy atom. The first-order valence-electron chi connectivity index (χ1n) is 9.52. The van der Waals surface area contributed by atoms with Crippen LogP contribution in [-0.4, -0.2) is 65.3 Å². The summed E-state index contributed by atoms with van der Waals surface area (Å²) in [5, 5.41) is 0. The van der Waals surface area contributed by atoms with Crippen molar-refractivity contribution in [3.63, 3.8) is 0 Å². The Morgan fingerprint density at radius 2 is 1.72 bits per heavy atom. The van der Waals surface area contributed by atoms with Crippen molar-refractivity contribution in [1.29, 1.82) is 0 Å². The maximum Gasteiger partial charge on any atom is 0.253 e. The summed E-state index contributed by atoms with van der Waals surface area (Å²) >= 11 is 0. The third-order valence-corrected chi connectivity index (χ3v) is 6.10. The molecule has 0 aromatic heterocycles. The van der Waals surface area contributed by atoms with Crippen molar-refractivity contribution in [3.05, 3.63) is 34.9 Å². The fourth-order valence-electron chi connectivity index (χ4n) is 4.18. The zero-order valence-corrected chi connectivity index (χ0v) is 15.0. The Balaban J connectivity index is 1.40. The minimum absolute atomic E-state index is 0.120. The van der Waals surface area contributed by atoms with E-state index in [0.717, 1.165) is 50.7 Å². The van der Waals surface area contributed by atoms with Gasteiger partial charge in [-0.2, -0.15) is 0 Å². The lowest BCUT2D eigenvalue weighted by molar-refractivity contribution is -0.129. The number of piperazine rings is 1. The Morgan fingerprint density at radius 3 is 2.36 bits per heavy atom. The maximum absolute atomic E-state index is 12.9. The molecule has 134 valence electrons. The molecule has 3 aliphatic rings. The van der Waals surface area contributed by atoms with Crippen LogP contribution in [0, 0.1) is 0 Å². The number of fused-ring (bicyclic) bond motifs is 1. The highest BCUT2D eigenvalue weighted by Crippen LogP contribution is 2.26. The fourth-order valence-corrected chi connectivity index (χ4v) is 4.18. The Kier molecular flexibility index (Phi) is 4.50. The molecular weight excluding hydrogens is 314 g/mol. The number of carbonyl (C=O) groups excluding carboxylic acids is 2. The molecule has 4 rings (SSSR count). The van der Waals surface area contributed by atoms with Gasteiger partial charge >= 0.3 is 0 Å². The SMILES string of the molecule is CC(=O)N1CCc2cc(C(=O)N3CCN(C4CCC4)CC3)ccc2C1. The zero-order valence-electron chi connectivity index (χ0n) is 15.0. The third kappa shape index (κ3) is 3.30. The Hall–Kier alpha value is -1.88. The molecule has 1 aliphatic carbocycles. The van der Waals surface area contributed by atoms with Gasteiger partial charge < -0.3 is 9.80 Å². The molecule has 0 unspecified atom stereocenters. The molecule has 2 aliphatic heterocycles. The van der Waals surface area contributed by atoms with Gasteiger partial charge in [0, 0.05) is 57.8 Å².